The molecule has 1 rings (SSSR count). The lowest BCUT2D eigenvalue weighted by atomic mass is 10.2. The molecule has 3 unspecified atom stereocenters. The summed E-state index contributed by atoms with van der Waals surface area (Å²) in [4.78, 5) is 0. The minimum Gasteiger partial charge on any atom is -0.330 e. The van der Waals surface area contributed by atoms with Crippen LogP contribution in [0.15, 0.2) is 30.3 Å². The van der Waals surface area contributed by atoms with Gasteiger partial charge in [0.1, 0.15) is 0 Å². The van der Waals surface area contributed by atoms with Crippen LogP contribution in [-0.4, -0.2) is 16.5 Å². The largest absolute Gasteiger partial charge is 0.330 e. The summed E-state index contributed by atoms with van der Waals surface area (Å²) >= 11 is 0. The van der Waals surface area contributed by atoms with E-state index in [0.717, 1.165) is 5.56 Å². The van der Waals surface area contributed by atoms with Gasteiger partial charge in [0.2, 0.25) is 0 Å². The van der Waals surface area contributed by atoms with Crippen LogP contribution in [0.4, 0.5) is 0 Å². The molecule has 0 saturated carbocycles. The minimum atomic E-state index is -0.826. The molecule has 2 N–H and O–H groups in total. The average molecular weight is 225 g/mol. The maximum atomic E-state index is 12.0. The molecule has 0 spiro atoms. The van der Waals surface area contributed by atoms with Gasteiger partial charge in [-0.15, -0.1) is 0 Å². The van der Waals surface area contributed by atoms with Crippen molar-refractivity contribution in [2.24, 2.45) is 11.7 Å². The Balaban J connectivity index is 2.61. The molecule has 1 aromatic carbocycles. The molecule has 2 nitrogen and oxygen atoms in total. The fourth-order valence-corrected chi connectivity index (χ4v) is 2.81. The van der Waals surface area contributed by atoms with Gasteiger partial charge in [-0.2, -0.15) is 0 Å². The molecule has 0 aliphatic rings. The molecular weight excluding hydrogens is 206 g/mol. The normalized spacial score (nSPS) is 17.0. The lowest BCUT2D eigenvalue weighted by Crippen LogP contribution is -2.19. The van der Waals surface area contributed by atoms with E-state index in [-0.39, 0.29) is 5.25 Å². The van der Waals surface area contributed by atoms with Crippen LogP contribution in [0.5, 0.6) is 0 Å². The Morgan fingerprint density at radius 3 is 2.40 bits per heavy atom. The molecule has 0 heterocycles. The number of rotatable bonds is 5. The zero-order valence-electron chi connectivity index (χ0n) is 9.35. The molecule has 0 bridgehead atoms. The third kappa shape index (κ3) is 3.76. The first-order valence-electron chi connectivity index (χ1n) is 5.27. The van der Waals surface area contributed by atoms with Crippen molar-refractivity contribution in [3.8, 4) is 0 Å². The van der Waals surface area contributed by atoms with Crippen molar-refractivity contribution >= 4 is 10.8 Å². The van der Waals surface area contributed by atoms with E-state index in [4.69, 9.17) is 5.73 Å². The Morgan fingerprint density at radius 1 is 1.27 bits per heavy atom. The van der Waals surface area contributed by atoms with Crippen LogP contribution in [0.2, 0.25) is 0 Å². The van der Waals surface area contributed by atoms with Crippen molar-refractivity contribution < 1.29 is 4.21 Å². The van der Waals surface area contributed by atoms with Crippen molar-refractivity contribution in [2.75, 3.05) is 12.3 Å². The van der Waals surface area contributed by atoms with Gasteiger partial charge in [-0.1, -0.05) is 37.3 Å². The van der Waals surface area contributed by atoms with Crippen molar-refractivity contribution in [3.63, 3.8) is 0 Å². The number of hydrogen-bond acceptors (Lipinski definition) is 2. The predicted octanol–water partition coefficient (Wildman–Crippen LogP) is 2.09. The molecule has 0 aliphatic heterocycles. The van der Waals surface area contributed by atoms with E-state index >= 15 is 0 Å². The van der Waals surface area contributed by atoms with Gasteiger partial charge in [-0.25, -0.2) is 0 Å². The Kier molecular flexibility index (Phi) is 4.99. The third-order valence-electron chi connectivity index (χ3n) is 2.51. The summed E-state index contributed by atoms with van der Waals surface area (Å²) in [5.41, 5.74) is 6.66. The van der Waals surface area contributed by atoms with Crippen LogP contribution in [0, 0.1) is 5.92 Å². The summed E-state index contributed by atoms with van der Waals surface area (Å²) in [5.74, 6) is 1.02. The highest BCUT2D eigenvalue weighted by Crippen LogP contribution is 2.20. The van der Waals surface area contributed by atoms with Crippen LogP contribution >= 0.6 is 0 Å². The highest BCUT2D eigenvalue weighted by Gasteiger charge is 2.15. The summed E-state index contributed by atoms with van der Waals surface area (Å²) < 4.78 is 12.0. The third-order valence-corrected chi connectivity index (χ3v) is 4.47. The van der Waals surface area contributed by atoms with Gasteiger partial charge in [0.15, 0.2) is 0 Å². The first-order chi connectivity index (χ1) is 7.15. The Bertz CT molecular complexity index is 313. The van der Waals surface area contributed by atoms with Crippen LogP contribution in [-0.2, 0) is 10.8 Å². The molecule has 0 aromatic heterocycles. The van der Waals surface area contributed by atoms with E-state index < -0.39 is 10.8 Å². The summed E-state index contributed by atoms with van der Waals surface area (Å²) in [6.45, 7) is 4.65. The Morgan fingerprint density at radius 2 is 1.87 bits per heavy atom. The topological polar surface area (TPSA) is 43.1 Å². The van der Waals surface area contributed by atoms with Crippen molar-refractivity contribution in [2.45, 2.75) is 19.1 Å². The first kappa shape index (κ1) is 12.4. The Labute approximate surface area is 94.3 Å². The van der Waals surface area contributed by atoms with E-state index in [9.17, 15) is 4.21 Å². The van der Waals surface area contributed by atoms with Crippen molar-refractivity contribution in [1.29, 1.82) is 0 Å². The molecule has 0 radical (unpaired) electrons. The fraction of sp³-hybridized carbons (Fsp3) is 0.500. The van der Waals surface area contributed by atoms with Crippen LogP contribution < -0.4 is 5.73 Å². The second-order valence-electron chi connectivity index (χ2n) is 3.94. The van der Waals surface area contributed by atoms with Crippen LogP contribution in [0.25, 0.3) is 0 Å². The quantitative estimate of drug-likeness (QED) is 0.834. The highest BCUT2D eigenvalue weighted by molar-refractivity contribution is 7.85. The van der Waals surface area contributed by atoms with Crippen LogP contribution in [0.1, 0.15) is 24.7 Å². The van der Waals surface area contributed by atoms with E-state index in [1.54, 1.807) is 0 Å². The van der Waals surface area contributed by atoms with Gasteiger partial charge in [0, 0.05) is 16.6 Å². The SMILES string of the molecule is CC(CN)CS(=O)C(C)c1ccccc1. The molecule has 0 aliphatic carbocycles. The van der Waals surface area contributed by atoms with Crippen LogP contribution in [0.3, 0.4) is 0 Å². The zero-order valence-corrected chi connectivity index (χ0v) is 10.2. The minimum absolute atomic E-state index is 0.0974. The zero-order chi connectivity index (χ0) is 11.3. The molecule has 84 valence electrons. The van der Waals surface area contributed by atoms with Crippen molar-refractivity contribution in [3.05, 3.63) is 35.9 Å². The number of nitrogens with two attached hydrogens (primary N) is 1. The fourth-order valence-electron chi connectivity index (χ4n) is 1.37. The molecule has 3 atom stereocenters. The van der Waals surface area contributed by atoms with Gasteiger partial charge in [0.05, 0.1) is 5.25 Å². The monoisotopic (exact) mass is 225 g/mol. The molecular formula is C12H19NOS. The first-order valence-corrected chi connectivity index (χ1v) is 6.65. The second kappa shape index (κ2) is 6.03. The molecule has 0 amide bonds. The number of benzene rings is 1. The van der Waals surface area contributed by atoms with E-state index in [1.165, 1.54) is 0 Å². The lowest BCUT2D eigenvalue weighted by Gasteiger charge is -2.14. The smallest absolute Gasteiger partial charge is 0.0568 e. The van der Waals surface area contributed by atoms with Gasteiger partial charge in [0.25, 0.3) is 0 Å². The summed E-state index contributed by atoms with van der Waals surface area (Å²) in [6.07, 6.45) is 0. The van der Waals surface area contributed by atoms with E-state index in [1.807, 2.05) is 44.2 Å². The predicted molar refractivity (Wildman–Crippen MR) is 66.1 cm³/mol. The summed E-state index contributed by atoms with van der Waals surface area (Å²) in [5, 5.41) is 0.0974. The Hall–Kier alpha value is -0.670. The van der Waals surface area contributed by atoms with Gasteiger partial charge in [-0.3, -0.25) is 4.21 Å². The van der Waals surface area contributed by atoms with Gasteiger partial charge < -0.3 is 5.73 Å². The maximum Gasteiger partial charge on any atom is 0.0568 e. The molecule has 0 fully saturated rings. The van der Waals surface area contributed by atoms with Gasteiger partial charge >= 0.3 is 0 Å². The second-order valence-corrected chi connectivity index (χ2v) is 5.74. The van der Waals surface area contributed by atoms with E-state index in [2.05, 4.69) is 0 Å². The maximum absolute atomic E-state index is 12.0. The summed E-state index contributed by atoms with van der Waals surface area (Å²) in [7, 11) is -0.826. The molecule has 1 aromatic rings. The molecule has 3 heteroatoms. The standard InChI is InChI=1S/C12H19NOS/c1-10(8-13)9-15(14)11(2)12-6-4-3-5-7-12/h3-7,10-11H,8-9,13H2,1-2H3. The van der Waals surface area contributed by atoms with Crippen molar-refractivity contribution in [1.82, 2.24) is 0 Å². The average Bonchev–Trinajstić information content (AvgIpc) is 2.29. The highest BCUT2D eigenvalue weighted by atomic mass is 32.2. The van der Waals surface area contributed by atoms with E-state index in [0.29, 0.717) is 18.2 Å². The molecule has 0 saturated heterocycles. The number of hydrogen-bond donors (Lipinski definition) is 1. The lowest BCUT2D eigenvalue weighted by molar-refractivity contribution is 0.635. The van der Waals surface area contributed by atoms with Gasteiger partial charge in [-0.05, 0) is 24.9 Å². The summed E-state index contributed by atoms with van der Waals surface area (Å²) in [6, 6.07) is 9.98. The molecule has 15 heavy (non-hydrogen) atoms.